The van der Waals surface area contributed by atoms with Gasteiger partial charge in [0.15, 0.2) is 11.5 Å². The van der Waals surface area contributed by atoms with E-state index in [0.717, 1.165) is 0 Å². The molecule has 0 saturated heterocycles. The topological polar surface area (TPSA) is 62.7 Å². The van der Waals surface area contributed by atoms with E-state index in [1.165, 1.54) is 18.1 Å². The molecule has 0 spiro atoms. The normalized spacial score (nSPS) is 10.0. The minimum Gasteiger partial charge on any atom is -0.504 e. The van der Waals surface area contributed by atoms with Gasteiger partial charge in [0, 0.05) is 18.8 Å². The summed E-state index contributed by atoms with van der Waals surface area (Å²) in [4.78, 5) is 17.7. The Balaban J connectivity index is 2.27. The molecule has 0 bridgehead atoms. The van der Waals surface area contributed by atoms with Crippen molar-refractivity contribution in [2.75, 3.05) is 19.1 Å². The predicted molar refractivity (Wildman–Crippen MR) is 71.6 cm³/mol. The standard InChI is InChI=1S/C14H14N2O3/c1-16(11-4-3-7-15-9-11)14(18)10-5-6-13(19-2)12(17)8-10/h3-9,17H,1-2H3. The number of pyridine rings is 1. The summed E-state index contributed by atoms with van der Waals surface area (Å²) in [5, 5.41) is 9.68. The third-order valence-corrected chi connectivity index (χ3v) is 2.76. The summed E-state index contributed by atoms with van der Waals surface area (Å²) in [6, 6.07) is 8.08. The Labute approximate surface area is 111 Å². The molecule has 98 valence electrons. The van der Waals surface area contributed by atoms with Crippen LogP contribution < -0.4 is 9.64 Å². The highest BCUT2D eigenvalue weighted by Gasteiger charge is 2.15. The molecule has 5 heteroatoms. The third-order valence-electron chi connectivity index (χ3n) is 2.76. The Morgan fingerprint density at radius 2 is 2.16 bits per heavy atom. The Hall–Kier alpha value is -2.56. The molecule has 1 aromatic carbocycles. The van der Waals surface area contributed by atoms with Crippen molar-refractivity contribution in [3.63, 3.8) is 0 Å². The van der Waals surface area contributed by atoms with Crippen LogP contribution in [0, 0.1) is 0 Å². The second kappa shape index (κ2) is 5.39. The first-order chi connectivity index (χ1) is 9.13. The number of methoxy groups -OCH3 is 1. The number of phenols is 1. The fourth-order valence-corrected chi connectivity index (χ4v) is 1.69. The summed E-state index contributed by atoms with van der Waals surface area (Å²) < 4.78 is 4.94. The van der Waals surface area contributed by atoms with Gasteiger partial charge in [0.05, 0.1) is 19.0 Å². The number of benzene rings is 1. The van der Waals surface area contributed by atoms with Crippen LogP contribution in [0.25, 0.3) is 0 Å². The first-order valence-corrected chi connectivity index (χ1v) is 5.68. The first-order valence-electron chi connectivity index (χ1n) is 5.68. The van der Waals surface area contributed by atoms with Crippen LogP contribution in [0.2, 0.25) is 0 Å². The van der Waals surface area contributed by atoms with Gasteiger partial charge in [0.2, 0.25) is 0 Å². The van der Waals surface area contributed by atoms with Gasteiger partial charge in [-0.25, -0.2) is 0 Å². The minimum absolute atomic E-state index is 0.0621. The number of aromatic nitrogens is 1. The van der Waals surface area contributed by atoms with Gasteiger partial charge >= 0.3 is 0 Å². The third kappa shape index (κ3) is 2.65. The molecule has 0 aliphatic carbocycles. The van der Waals surface area contributed by atoms with Crippen LogP contribution in [0.15, 0.2) is 42.7 Å². The van der Waals surface area contributed by atoms with Crippen LogP contribution in [-0.2, 0) is 0 Å². The van der Waals surface area contributed by atoms with Crippen molar-refractivity contribution in [2.24, 2.45) is 0 Å². The molecule has 1 aromatic heterocycles. The van der Waals surface area contributed by atoms with E-state index in [1.807, 2.05) is 0 Å². The molecule has 0 fully saturated rings. The molecule has 1 heterocycles. The van der Waals surface area contributed by atoms with E-state index in [4.69, 9.17) is 4.74 Å². The zero-order valence-electron chi connectivity index (χ0n) is 10.7. The Bertz CT molecular complexity index is 584. The van der Waals surface area contributed by atoms with Gasteiger partial charge in [-0.3, -0.25) is 9.78 Å². The number of rotatable bonds is 3. The number of ether oxygens (including phenoxy) is 1. The zero-order chi connectivity index (χ0) is 13.8. The van der Waals surface area contributed by atoms with Crippen LogP contribution in [0.1, 0.15) is 10.4 Å². The number of nitrogens with zero attached hydrogens (tertiary/aromatic N) is 2. The molecule has 2 rings (SSSR count). The van der Waals surface area contributed by atoms with Gasteiger partial charge in [0.1, 0.15) is 0 Å². The molecule has 5 nitrogen and oxygen atoms in total. The van der Waals surface area contributed by atoms with Gasteiger partial charge in [-0.15, -0.1) is 0 Å². The summed E-state index contributed by atoms with van der Waals surface area (Å²) in [6.07, 6.45) is 3.24. The summed E-state index contributed by atoms with van der Waals surface area (Å²) in [5.74, 6) is 0.0412. The van der Waals surface area contributed by atoms with Crippen LogP contribution in [0.4, 0.5) is 5.69 Å². The van der Waals surface area contributed by atoms with Crippen molar-refractivity contribution in [3.8, 4) is 11.5 Å². The number of anilines is 1. The monoisotopic (exact) mass is 258 g/mol. The van der Waals surface area contributed by atoms with Crippen molar-refractivity contribution in [2.45, 2.75) is 0 Å². The van der Waals surface area contributed by atoms with Crippen LogP contribution >= 0.6 is 0 Å². The van der Waals surface area contributed by atoms with Crippen molar-refractivity contribution < 1.29 is 14.6 Å². The maximum absolute atomic E-state index is 12.2. The molecule has 0 aliphatic heterocycles. The lowest BCUT2D eigenvalue weighted by molar-refractivity contribution is 0.0992. The van der Waals surface area contributed by atoms with Crippen LogP contribution in [0.3, 0.4) is 0 Å². The molecule has 0 aliphatic rings. The minimum atomic E-state index is -0.231. The Morgan fingerprint density at radius 3 is 2.74 bits per heavy atom. The highest BCUT2D eigenvalue weighted by Crippen LogP contribution is 2.27. The second-order valence-electron chi connectivity index (χ2n) is 3.96. The maximum atomic E-state index is 12.2. The van der Waals surface area contributed by atoms with E-state index in [0.29, 0.717) is 17.0 Å². The zero-order valence-corrected chi connectivity index (χ0v) is 10.7. The molecular formula is C14H14N2O3. The van der Waals surface area contributed by atoms with E-state index in [9.17, 15) is 9.90 Å². The van der Waals surface area contributed by atoms with E-state index in [1.54, 1.807) is 43.7 Å². The van der Waals surface area contributed by atoms with Crippen LogP contribution in [0.5, 0.6) is 11.5 Å². The molecule has 0 atom stereocenters. The van der Waals surface area contributed by atoms with Gasteiger partial charge in [0.25, 0.3) is 5.91 Å². The smallest absolute Gasteiger partial charge is 0.258 e. The SMILES string of the molecule is COc1ccc(C(=O)N(C)c2cccnc2)cc1O. The lowest BCUT2D eigenvalue weighted by Crippen LogP contribution is -2.26. The highest BCUT2D eigenvalue weighted by atomic mass is 16.5. The summed E-state index contributed by atoms with van der Waals surface area (Å²) in [6.45, 7) is 0. The number of hydrogen-bond donors (Lipinski definition) is 1. The summed E-state index contributed by atoms with van der Waals surface area (Å²) in [7, 11) is 3.11. The van der Waals surface area contributed by atoms with E-state index < -0.39 is 0 Å². The van der Waals surface area contributed by atoms with Crippen molar-refractivity contribution in [3.05, 3.63) is 48.3 Å². The number of aromatic hydroxyl groups is 1. The van der Waals surface area contributed by atoms with Crippen molar-refractivity contribution in [1.82, 2.24) is 4.98 Å². The van der Waals surface area contributed by atoms with Crippen LogP contribution in [-0.4, -0.2) is 30.2 Å². The molecule has 0 radical (unpaired) electrons. The van der Waals surface area contributed by atoms with Crippen molar-refractivity contribution >= 4 is 11.6 Å². The average Bonchev–Trinajstić information content (AvgIpc) is 2.46. The van der Waals surface area contributed by atoms with Gasteiger partial charge in [-0.1, -0.05) is 0 Å². The fraction of sp³-hybridized carbons (Fsp3) is 0.143. The van der Waals surface area contributed by atoms with Gasteiger partial charge in [-0.2, -0.15) is 0 Å². The number of phenolic OH excluding ortho intramolecular Hbond substituents is 1. The number of hydrogen-bond acceptors (Lipinski definition) is 4. The first kappa shape index (κ1) is 12.9. The molecular weight excluding hydrogens is 244 g/mol. The molecule has 1 amide bonds. The van der Waals surface area contributed by atoms with E-state index in [-0.39, 0.29) is 11.7 Å². The molecule has 1 N–H and O–H groups in total. The van der Waals surface area contributed by atoms with Gasteiger partial charge < -0.3 is 14.7 Å². The van der Waals surface area contributed by atoms with Crippen molar-refractivity contribution in [1.29, 1.82) is 0 Å². The lowest BCUT2D eigenvalue weighted by Gasteiger charge is -2.17. The fourth-order valence-electron chi connectivity index (χ4n) is 1.69. The predicted octanol–water partition coefficient (Wildman–Crippen LogP) is 2.07. The quantitative estimate of drug-likeness (QED) is 0.915. The molecule has 19 heavy (non-hydrogen) atoms. The van der Waals surface area contributed by atoms with E-state index >= 15 is 0 Å². The van der Waals surface area contributed by atoms with Gasteiger partial charge in [-0.05, 0) is 30.3 Å². The number of amides is 1. The number of carbonyl (C=O) groups is 1. The molecule has 2 aromatic rings. The Kier molecular flexibility index (Phi) is 3.66. The second-order valence-corrected chi connectivity index (χ2v) is 3.96. The summed E-state index contributed by atoms with van der Waals surface area (Å²) >= 11 is 0. The average molecular weight is 258 g/mol. The molecule has 0 saturated carbocycles. The lowest BCUT2D eigenvalue weighted by atomic mass is 10.1. The van der Waals surface area contributed by atoms with E-state index in [2.05, 4.69) is 4.98 Å². The number of carbonyl (C=O) groups excluding carboxylic acids is 1. The maximum Gasteiger partial charge on any atom is 0.258 e. The largest absolute Gasteiger partial charge is 0.504 e. The molecule has 0 unspecified atom stereocenters. The summed E-state index contributed by atoms with van der Waals surface area (Å²) in [5.41, 5.74) is 1.06. The Morgan fingerprint density at radius 1 is 1.37 bits per heavy atom. The highest BCUT2D eigenvalue weighted by molar-refractivity contribution is 6.06.